The van der Waals surface area contributed by atoms with Gasteiger partial charge in [-0.05, 0) is 12.8 Å². The van der Waals surface area contributed by atoms with E-state index in [1.165, 1.54) is 30.4 Å². The van der Waals surface area contributed by atoms with Crippen LogP contribution in [0.2, 0.25) is 0 Å². The maximum absolute atomic E-state index is 8.92. The molecule has 1 N–H and O–H groups in total. The lowest BCUT2D eigenvalue weighted by molar-refractivity contribution is 0.989. The van der Waals surface area contributed by atoms with Gasteiger partial charge in [0.05, 0.1) is 23.4 Å². The summed E-state index contributed by atoms with van der Waals surface area (Å²) in [6, 6.07) is 2.06. The maximum Gasteiger partial charge on any atom is 0.147 e. The molecular weight excluding hydrogens is 246 g/mol. The zero-order valence-electron chi connectivity index (χ0n) is 9.63. The Hall–Kier alpha value is -2.00. The molecular formula is C12H11N5S. The average Bonchev–Trinajstić information content (AvgIpc) is 3.16. The Kier molecular flexibility index (Phi) is 2.90. The van der Waals surface area contributed by atoms with Crippen LogP contribution in [0, 0.1) is 11.3 Å². The van der Waals surface area contributed by atoms with E-state index in [1.54, 1.807) is 11.3 Å². The van der Waals surface area contributed by atoms with Crippen LogP contribution in [-0.4, -0.2) is 15.0 Å². The average molecular weight is 257 g/mol. The third-order valence-electron chi connectivity index (χ3n) is 2.77. The maximum atomic E-state index is 8.92. The van der Waals surface area contributed by atoms with E-state index in [1.807, 2.05) is 0 Å². The van der Waals surface area contributed by atoms with Crippen LogP contribution in [0.5, 0.6) is 0 Å². The summed E-state index contributed by atoms with van der Waals surface area (Å²) >= 11 is 1.72. The molecule has 0 atom stereocenters. The van der Waals surface area contributed by atoms with E-state index in [0.717, 1.165) is 5.69 Å². The number of rotatable bonds is 4. The molecule has 0 spiro atoms. The van der Waals surface area contributed by atoms with Crippen molar-refractivity contribution in [2.45, 2.75) is 25.3 Å². The predicted molar refractivity (Wildman–Crippen MR) is 68.2 cm³/mol. The summed E-state index contributed by atoms with van der Waals surface area (Å²) in [7, 11) is 0. The SMILES string of the molecule is N#Cc1cncnc1NCc1csc(C2CC2)n1. The number of nitrogens with one attached hydrogen (secondary N) is 1. The van der Waals surface area contributed by atoms with Gasteiger partial charge in [0.1, 0.15) is 23.8 Å². The highest BCUT2D eigenvalue weighted by molar-refractivity contribution is 7.09. The molecule has 90 valence electrons. The van der Waals surface area contributed by atoms with E-state index in [9.17, 15) is 0 Å². The van der Waals surface area contributed by atoms with Crippen molar-refractivity contribution in [3.63, 3.8) is 0 Å². The lowest BCUT2D eigenvalue weighted by Gasteiger charge is -2.03. The summed E-state index contributed by atoms with van der Waals surface area (Å²) in [4.78, 5) is 12.4. The predicted octanol–water partition coefficient (Wildman–Crippen LogP) is 2.29. The topological polar surface area (TPSA) is 74.5 Å². The molecule has 1 fully saturated rings. The summed E-state index contributed by atoms with van der Waals surface area (Å²) in [5.74, 6) is 1.26. The van der Waals surface area contributed by atoms with Gasteiger partial charge in [-0.2, -0.15) is 5.26 Å². The highest BCUT2D eigenvalue weighted by atomic mass is 32.1. The van der Waals surface area contributed by atoms with Crippen LogP contribution in [0.1, 0.15) is 35.0 Å². The monoisotopic (exact) mass is 257 g/mol. The number of aromatic nitrogens is 3. The molecule has 2 aromatic heterocycles. The van der Waals surface area contributed by atoms with E-state index in [2.05, 4.69) is 31.7 Å². The van der Waals surface area contributed by atoms with Gasteiger partial charge >= 0.3 is 0 Å². The molecule has 1 aliphatic carbocycles. The molecule has 0 amide bonds. The summed E-state index contributed by atoms with van der Waals surface area (Å²) in [5.41, 5.74) is 1.46. The second-order valence-electron chi connectivity index (χ2n) is 4.20. The molecule has 5 nitrogen and oxygen atoms in total. The number of nitrogens with zero attached hydrogens (tertiary/aromatic N) is 4. The molecule has 0 aromatic carbocycles. The van der Waals surface area contributed by atoms with Gasteiger partial charge < -0.3 is 5.32 Å². The minimum atomic E-state index is 0.454. The Labute approximate surface area is 109 Å². The van der Waals surface area contributed by atoms with E-state index in [-0.39, 0.29) is 0 Å². The highest BCUT2D eigenvalue weighted by Gasteiger charge is 2.26. The van der Waals surface area contributed by atoms with Crippen LogP contribution in [-0.2, 0) is 6.54 Å². The zero-order valence-corrected chi connectivity index (χ0v) is 10.4. The second-order valence-corrected chi connectivity index (χ2v) is 5.09. The summed E-state index contributed by atoms with van der Waals surface area (Å²) in [5, 5.41) is 15.3. The smallest absolute Gasteiger partial charge is 0.147 e. The molecule has 18 heavy (non-hydrogen) atoms. The van der Waals surface area contributed by atoms with Crippen LogP contribution in [0.4, 0.5) is 5.82 Å². The van der Waals surface area contributed by atoms with Gasteiger partial charge in [-0.15, -0.1) is 11.3 Å². The second kappa shape index (κ2) is 4.70. The van der Waals surface area contributed by atoms with Crippen molar-refractivity contribution in [1.29, 1.82) is 5.26 Å². The number of anilines is 1. The van der Waals surface area contributed by atoms with Crippen LogP contribution in [0.3, 0.4) is 0 Å². The van der Waals surface area contributed by atoms with Crippen molar-refractivity contribution in [2.24, 2.45) is 0 Å². The van der Waals surface area contributed by atoms with Crippen LogP contribution >= 0.6 is 11.3 Å². The van der Waals surface area contributed by atoms with E-state index < -0.39 is 0 Å². The summed E-state index contributed by atoms with van der Waals surface area (Å²) in [6.45, 7) is 0.592. The molecule has 6 heteroatoms. The first-order valence-electron chi connectivity index (χ1n) is 5.75. The quantitative estimate of drug-likeness (QED) is 0.909. The van der Waals surface area contributed by atoms with Crippen molar-refractivity contribution in [3.8, 4) is 6.07 Å². The number of hydrogen-bond acceptors (Lipinski definition) is 6. The molecule has 0 saturated heterocycles. The fourth-order valence-electron chi connectivity index (χ4n) is 1.65. The van der Waals surface area contributed by atoms with Gasteiger partial charge in [-0.1, -0.05) is 0 Å². The molecule has 0 unspecified atom stereocenters. The fourth-order valence-corrected chi connectivity index (χ4v) is 2.64. The molecule has 1 aliphatic rings. The van der Waals surface area contributed by atoms with Gasteiger partial charge in [0.25, 0.3) is 0 Å². The largest absolute Gasteiger partial charge is 0.363 e. The number of nitriles is 1. The Morgan fingerprint density at radius 1 is 1.50 bits per heavy atom. The first-order chi connectivity index (χ1) is 8.86. The van der Waals surface area contributed by atoms with Crippen molar-refractivity contribution in [1.82, 2.24) is 15.0 Å². The summed E-state index contributed by atoms with van der Waals surface area (Å²) in [6.07, 6.45) is 5.47. The van der Waals surface area contributed by atoms with Crippen LogP contribution in [0.15, 0.2) is 17.9 Å². The Balaban J connectivity index is 1.68. The van der Waals surface area contributed by atoms with Gasteiger partial charge in [0, 0.05) is 11.3 Å². The van der Waals surface area contributed by atoms with Crippen molar-refractivity contribution >= 4 is 17.2 Å². The van der Waals surface area contributed by atoms with E-state index in [4.69, 9.17) is 5.26 Å². The molecule has 1 saturated carbocycles. The Morgan fingerprint density at radius 2 is 2.39 bits per heavy atom. The summed E-state index contributed by atoms with van der Waals surface area (Å²) < 4.78 is 0. The third kappa shape index (κ3) is 2.31. The molecule has 0 radical (unpaired) electrons. The van der Waals surface area contributed by atoms with Crippen LogP contribution < -0.4 is 5.32 Å². The normalized spacial score (nSPS) is 14.2. The first-order valence-corrected chi connectivity index (χ1v) is 6.63. The van der Waals surface area contributed by atoms with Crippen LogP contribution in [0.25, 0.3) is 0 Å². The van der Waals surface area contributed by atoms with Gasteiger partial charge in [-0.25, -0.2) is 15.0 Å². The van der Waals surface area contributed by atoms with Crippen molar-refractivity contribution in [2.75, 3.05) is 5.32 Å². The number of thiazole rings is 1. The van der Waals surface area contributed by atoms with Crippen molar-refractivity contribution in [3.05, 3.63) is 34.2 Å². The molecule has 2 heterocycles. The molecule has 2 aromatic rings. The Morgan fingerprint density at radius 3 is 3.17 bits per heavy atom. The third-order valence-corrected chi connectivity index (χ3v) is 3.82. The number of hydrogen-bond donors (Lipinski definition) is 1. The standard InChI is InChI=1S/C12H11N5S/c13-3-9-4-14-7-16-11(9)15-5-10-6-18-12(17-10)8-1-2-8/h4,6-8H,1-2,5H2,(H,14,15,16). The molecule has 3 rings (SSSR count). The van der Waals surface area contributed by atoms with E-state index in [0.29, 0.717) is 23.8 Å². The first kappa shape index (κ1) is 11.1. The van der Waals surface area contributed by atoms with Crippen molar-refractivity contribution < 1.29 is 0 Å². The van der Waals surface area contributed by atoms with Gasteiger partial charge in [0.2, 0.25) is 0 Å². The van der Waals surface area contributed by atoms with Gasteiger partial charge in [0.15, 0.2) is 0 Å². The highest BCUT2D eigenvalue weighted by Crippen LogP contribution is 2.41. The molecule has 0 aliphatic heterocycles. The lowest BCUT2D eigenvalue weighted by Crippen LogP contribution is -2.04. The fraction of sp³-hybridized carbons (Fsp3) is 0.333. The van der Waals surface area contributed by atoms with E-state index >= 15 is 0 Å². The minimum Gasteiger partial charge on any atom is -0.363 e. The van der Waals surface area contributed by atoms with Gasteiger partial charge in [-0.3, -0.25) is 0 Å². The minimum absolute atomic E-state index is 0.454. The Bertz CT molecular complexity index is 597. The lowest BCUT2D eigenvalue weighted by atomic mass is 10.3. The zero-order chi connectivity index (χ0) is 12.4. The molecule has 0 bridgehead atoms.